The summed E-state index contributed by atoms with van der Waals surface area (Å²) in [6, 6.07) is 0.0514. The fourth-order valence-corrected chi connectivity index (χ4v) is 2.75. The highest BCUT2D eigenvalue weighted by atomic mass is 15.0. The molecule has 3 nitrogen and oxygen atoms in total. The van der Waals surface area contributed by atoms with Gasteiger partial charge in [-0.2, -0.15) is 0 Å². The summed E-state index contributed by atoms with van der Waals surface area (Å²) in [6.07, 6.45) is 0.819. The van der Waals surface area contributed by atoms with Gasteiger partial charge in [0.15, 0.2) is 0 Å². The minimum absolute atomic E-state index is 0.0514. The molecule has 0 spiro atoms. The Balaban J connectivity index is 3.30. The van der Waals surface area contributed by atoms with Crippen LogP contribution in [0.5, 0.6) is 0 Å². The van der Waals surface area contributed by atoms with Crippen molar-refractivity contribution in [3.63, 3.8) is 0 Å². The van der Waals surface area contributed by atoms with Gasteiger partial charge in [-0.3, -0.25) is 0 Å². The molecule has 1 aliphatic rings. The van der Waals surface area contributed by atoms with Crippen LogP contribution in [0.1, 0.15) is 48.0 Å². The maximum atomic E-state index is 6.54. The predicted molar refractivity (Wildman–Crippen MR) is 65.3 cm³/mol. The van der Waals surface area contributed by atoms with Crippen LogP contribution in [0.3, 0.4) is 0 Å². The first-order valence-corrected chi connectivity index (χ1v) is 5.71. The Hall–Kier alpha value is -0.120. The van der Waals surface area contributed by atoms with Gasteiger partial charge in [0.25, 0.3) is 0 Å². The Kier molecular flexibility index (Phi) is 2.56. The second kappa shape index (κ2) is 2.96. The summed E-state index contributed by atoms with van der Waals surface area (Å²) < 4.78 is 0. The molecule has 0 saturated heterocycles. The van der Waals surface area contributed by atoms with E-state index in [1.165, 1.54) is 0 Å². The summed E-state index contributed by atoms with van der Waals surface area (Å²) in [5, 5.41) is 0. The number of hydrogen-bond acceptors (Lipinski definition) is 3. The zero-order valence-corrected chi connectivity index (χ0v) is 11.0. The van der Waals surface area contributed by atoms with Crippen LogP contribution in [-0.2, 0) is 0 Å². The van der Waals surface area contributed by atoms with E-state index in [4.69, 9.17) is 17.2 Å². The highest BCUT2D eigenvalue weighted by Gasteiger charge is 2.62. The SMILES string of the molecule is CC1(N)CC(N)C(C)(C)C(C)(N)C1(C)C. The molecule has 0 heterocycles. The molecule has 90 valence electrons. The Bertz CT molecular complexity index is 264. The van der Waals surface area contributed by atoms with Gasteiger partial charge in [-0.1, -0.05) is 27.7 Å². The first-order valence-electron chi connectivity index (χ1n) is 5.71. The van der Waals surface area contributed by atoms with Crippen molar-refractivity contribution in [1.82, 2.24) is 0 Å². The average molecular weight is 213 g/mol. The molecule has 3 atom stereocenters. The molecule has 0 aromatic heterocycles. The van der Waals surface area contributed by atoms with Crippen molar-refractivity contribution in [2.45, 2.75) is 65.1 Å². The lowest BCUT2D eigenvalue weighted by Crippen LogP contribution is -2.78. The van der Waals surface area contributed by atoms with Crippen LogP contribution in [0.15, 0.2) is 0 Å². The fraction of sp³-hybridized carbons (Fsp3) is 1.00. The molecule has 0 radical (unpaired) electrons. The van der Waals surface area contributed by atoms with Crippen LogP contribution in [0, 0.1) is 10.8 Å². The van der Waals surface area contributed by atoms with Crippen molar-refractivity contribution in [2.24, 2.45) is 28.0 Å². The number of rotatable bonds is 0. The third-order valence-electron chi connectivity index (χ3n) is 5.64. The number of hydrogen-bond donors (Lipinski definition) is 3. The van der Waals surface area contributed by atoms with Crippen LogP contribution in [0.4, 0.5) is 0 Å². The predicted octanol–water partition coefficient (Wildman–Crippen LogP) is 1.20. The molecule has 1 saturated carbocycles. The van der Waals surface area contributed by atoms with Gasteiger partial charge < -0.3 is 17.2 Å². The van der Waals surface area contributed by atoms with Crippen molar-refractivity contribution in [3.05, 3.63) is 0 Å². The lowest BCUT2D eigenvalue weighted by Gasteiger charge is -2.64. The largest absolute Gasteiger partial charge is 0.327 e. The summed E-state index contributed by atoms with van der Waals surface area (Å²) in [6.45, 7) is 12.7. The molecule has 1 fully saturated rings. The van der Waals surface area contributed by atoms with Gasteiger partial charge in [0.2, 0.25) is 0 Å². The smallest absolute Gasteiger partial charge is 0.0261 e. The van der Waals surface area contributed by atoms with E-state index in [0.29, 0.717) is 0 Å². The Labute approximate surface area is 93.8 Å². The number of nitrogens with two attached hydrogens (primary N) is 3. The van der Waals surface area contributed by atoms with Crippen molar-refractivity contribution in [1.29, 1.82) is 0 Å². The summed E-state index contributed by atoms with van der Waals surface area (Å²) in [5.74, 6) is 0. The van der Waals surface area contributed by atoms with E-state index in [1.54, 1.807) is 0 Å². The van der Waals surface area contributed by atoms with E-state index in [-0.39, 0.29) is 27.9 Å². The standard InChI is InChI=1S/C12H27N3/c1-9(2)8(13)7-11(5,14)10(3,4)12(9,6)15/h8H,7,13-15H2,1-6H3. The maximum absolute atomic E-state index is 6.54. The summed E-state index contributed by atoms with van der Waals surface area (Å²) in [7, 11) is 0. The first-order chi connectivity index (χ1) is 6.38. The van der Waals surface area contributed by atoms with Crippen molar-refractivity contribution in [3.8, 4) is 0 Å². The Morgan fingerprint density at radius 2 is 1.33 bits per heavy atom. The third-order valence-corrected chi connectivity index (χ3v) is 5.64. The van der Waals surface area contributed by atoms with E-state index in [1.807, 2.05) is 0 Å². The lowest BCUT2D eigenvalue weighted by molar-refractivity contribution is -0.0715. The minimum Gasteiger partial charge on any atom is -0.327 e. The molecule has 1 aliphatic carbocycles. The first kappa shape index (κ1) is 12.9. The quantitative estimate of drug-likeness (QED) is 0.566. The molecule has 6 N–H and O–H groups in total. The van der Waals surface area contributed by atoms with Crippen molar-refractivity contribution < 1.29 is 0 Å². The zero-order chi connectivity index (χ0) is 12.3. The van der Waals surface area contributed by atoms with E-state index in [0.717, 1.165) is 6.42 Å². The molecule has 1 rings (SSSR count). The highest BCUT2D eigenvalue weighted by molar-refractivity contribution is 5.20. The van der Waals surface area contributed by atoms with Crippen LogP contribution < -0.4 is 17.2 Å². The topological polar surface area (TPSA) is 78.1 Å². The molecule has 3 heteroatoms. The highest BCUT2D eigenvalue weighted by Crippen LogP contribution is 2.54. The van der Waals surface area contributed by atoms with Gasteiger partial charge in [0.05, 0.1) is 0 Å². The van der Waals surface area contributed by atoms with Crippen LogP contribution in [-0.4, -0.2) is 17.1 Å². The van der Waals surface area contributed by atoms with E-state index >= 15 is 0 Å². The summed E-state index contributed by atoms with van der Waals surface area (Å²) in [5.41, 5.74) is 18.2. The van der Waals surface area contributed by atoms with Gasteiger partial charge in [0.1, 0.15) is 0 Å². The van der Waals surface area contributed by atoms with E-state index < -0.39 is 0 Å². The van der Waals surface area contributed by atoms with Crippen molar-refractivity contribution >= 4 is 0 Å². The summed E-state index contributed by atoms with van der Waals surface area (Å²) in [4.78, 5) is 0. The van der Waals surface area contributed by atoms with Gasteiger partial charge in [-0.25, -0.2) is 0 Å². The average Bonchev–Trinajstić information content (AvgIpc) is 2.00. The van der Waals surface area contributed by atoms with Crippen molar-refractivity contribution in [2.75, 3.05) is 0 Å². The van der Waals surface area contributed by atoms with Gasteiger partial charge in [-0.15, -0.1) is 0 Å². The fourth-order valence-electron chi connectivity index (χ4n) is 2.75. The lowest BCUT2D eigenvalue weighted by atomic mass is 9.46. The molecule has 0 aromatic rings. The molecule has 3 unspecified atom stereocenters. The molecule has 15 heavy (non-hydrogen) atoms. The maximum Gasteiger partial charge on any atom is 0.0261 e. The molecular weight excluding hydrogens is 186 g/mol. The van der Waals surface area contributed by atoms with Crippen LogP contribution in [0.25, 0.3) is 0 Å². The van der Waals surface area contributed by atoms with E-state index in [9.17, 15) is 0 Å². The van der Waals surface area contributed by atoms with Gasteiger partial charge in [-0.05, 0) is 25.7 Å². The van der Waals surface area contributed by atoms with Gasteiger partial charge >= 0.3 is 0 Å². The Morgan fingerprint density at radius 3 is 1.73 bits per heavy atom. The van der Waals surface area contributed by atoms with Gasteiger partial charge in [0, 0.05) is 22.5 Å². The second-order valence-electron chi connectivity index (χ2n) is 6.78. The molecule has 0 aromatic carbocycles. The molecule has 0 amide bonds. The van der Waals surface area contributed by atoms with Crippen LogP contribution in [0.2, 0.25) is 0 Å². The monoisotopic (exact) mass is 213 g/mol. The Morgan fingerprint density at radius 1 is 0.933 bits per heavy atom. The third kappa shape index (κ3) is 1.37. The summed E-state index contributed by atoms with van der Waals surface area (Å²) >= 11 is 0. The van der Waals surface area contributed by atoms with Crippen LogP contribution >= 0.6 is 0 Å². The molecular formula is C12H27N3. The second-order valence-corrected chi connectivity index (χ2v) is 6.78. The minimum atomic E-state index is -0.374. The molecule has 0 bridgehead atoms. The van der Waals surface area contributed by atoms with E-state index in [2.05, 4.69) is 41.5 Å². The zero-order valence-electron chi connectivity index (χ0n) is 11.0. The molecule has 0 aliphatic heterocycles. The normalized spacial score (nSPS) is 49.0.